The average Bonchev–Trinajstić information content (AvgIpc) is 2.47. The molecule has 1 fully saturated rings. The Bertz CT molecular complexity index is 469. The van der Waals surface area contributed by atoms with Crippen molar-refractivity contribution in [3.05, 3.63) is 23.8 Å². The predicted octanol–water partition coefficient (Wildman–Crippen LogP) is 1.38. The van der Waals surface area contributed by atoms with Crippen molar-refractivity contribution in [2.24, 2.45) is 0 Å². The number of benzene rings is 1. The van der Waals surface area contributed by atoms with Gasteiger partial charge in [0.1, 0.15) is 6.29 Å². The minimum atomic E-state index is -0.490. The van der Waals surface area contributed by atoms with E-state index in [0.29, 0.717) is 11.3 Å². The summed E-state index contributed by atoms with van der Waals surface area (Å²) in [6.07, 6.45) is 0.768. The molecule has 0 unspecified atom stereocenters. The van der Waals surface area contributed by atoms with Crippen LogP contribution in [0.2, 0.25) is 0 Å². The van der Waals surface area contributed by atoms with Crippen molar-refractivity contribution in [1.82, 2.24) is 0 Å². The van der Waals surface area contributed by atoms with Gasteiger partial charge in [-0.05, 0) is 33.8 Å². The molecule has 1 aromatic carbocycles. The Morgan fingerprint density at radius 2 is 1.72 bits per heavy atom. The van der Waals surface area contributed by atoms with E-state index in [2.05, 4.69) is 0 Å². The van der Waals surface area contributed by atoms with E-state index < -0.39 is 18.3 Å². The van der Waals surface area contributed by atoms with Crippen LogP contribution in [0, 0.1) is 0 Å². The van der Waals surface area contributed by atoms with Crippen molar-refractivity contribution in [3.8, 4) is 0 Å². The molecule has 1 heterocycles. The molecule has 18 heavy (non-hydrogen) atoms. The molecule has 1 aliphatic rings. The Kier molecular flexibility index (Phi) is 2.99. The topological polar surface area (TPSA) is 61.5 Å². The van der Waals surface area contributed by atoms with Crippen molar-refractivity contribution in [2.75, 3.05) is 5.73 Å². The van der Waals surface area contributed by atoms with Gasteiger partial charge in [0.15, 0.2) is 0 Å². The number of nitrogens with two attached hydrogens (primary N) is 1. The molecular formula is C13H18BNO3. The minimum absolute atomic E-state index is 0.395. The fourth-order valence-corrected chi connectivity index (χ4v) is 1.85. The lowest BCUT2D eigenvalue weighted by Crippen LogP contribution is -2.41. The van der Waals surface area contributed by atoms with E-state index in [1.165, 1.54) is 0 Å². The van der Waals surface area contributed by atoms with Crippen molar-refractivity contribution < 1.29 is 14.1 Å². The smallest absolute Gasteiger partial charge is 0.399 e. The zero-order valence-corrected chi connectivity index (χ0v) is 11.2. The van der Waals surface area contributed by atoms with Crippen LogP contribution >= 0.6 is 0 Å². The Hall–Kier alpha value is -1.33. The molecule has 0 amide bonds. The van der Waals surface area contributed by atoms with Gasteiger partial charge < -0.3 is 15.0 Å². The molecule has 2 rings (SSSR count). The molecule has 1 aromatic rings. The first-order valence-electron chi connectivity index (χ1n) is 5.97. The van der Waals surface area contributed by atoms with E-state index in [1.54, 1.807) is 18.2 Å². The van der Waals surface area contributed by atoms with Crippen molar-refractivity contribution in [3.63, 3.8) is 0 Å². The maximum Gasteiger partial charge on any atom is 0.496 e. The maximum absolute atomic E-state index is 10.7. The molecule has 0 aliphatic carbocycles. The third-order valence-corrected chi connectivity index (χ3v) is 3.75. The molecule has 4 nitrogen and oxygen atoms in total. The van der Waals surface area contributed by atoms with E-state index in [9.17, 15) is 4.79 Å². The van der Waals surface area contributed by atoms with Crippen LogP contribution in [0.15, 0.2) is 18.2 Å². The zero-order valence-electron chi connectivity index (χ0n) is 11.2. The van der Waals surface area contributed by atoms with Crippen LogP contribution in [0.25, 0.3) is 0 Å². The van der Waals surface area contributed by atoms with Crippen LogP contribution in [0.1, 0.15) is 38.1 Å². The van der Waals surface area contributed by atoms with Gasteiger partial charge in [-0.15, -0.1) is 0 Å². The van der Waals surface area contributed by atoms with Crippen LogP contribution < -0.4 is 11.2 Å². The monoisotopic (exact) mass is 247 g/mol. The molecule has 1 aliphatic heterocycles. The normalized spacial score (nSPS) is 21.0. The molecule has 96 valence electrons. The number of rotatable bonds is 2. The summed E-state index contributed by atoms with van der Waals surface area (Å²) in [5, 5.41) is 0. The summed E-state index contributed by atoms with van der Waals surface area (Å²) in [5.41, 5.74) is 6.97. The van der Waals surface area contributed by atoms with E-state index in [4.69, 9.17) is 15.0 Å². The Balaban J connectivity index is 2.32. The molecule has 0 radical (unpaired) electrons. The second-order valence-electron chi connectivity index (χ2n) is 5.59. The van der Waals surface area contributed by atoms with E-state index in [-0.39, 0.29) is 0 Å². The molecule has 5 heteroatoms. The number of carbonyl (C=O) groups excluding carboxylic acids is 1. The van der Waals surface area contributed by atoms with Crippen molar-refractivity contribution in [2.45, 2.75) is 38.9 Å². The Labute approximate surface area is 108 Å². The Morgan fingerprint density at radius 1 is 1.17 bits per heavy atom. The lowest BCUT2D eigenvalue weighted by molar-refractivity contribution is 0.00578. The molecule has 0 bridgehead atoms. The summed E-state index contributed by atoms with van der Waals surface area (Å²) in [4.78, 5) is 10.7. The highest BCUT2D eigenvalue weighted by molar-refractivity contribution is 6.63. The fourth-order valence-electron chi connectivity index (χ4n) is 1.85. The van der Waals surface area contributed by atoms with Crippen LogP contribution in [0.5, 0.6) is 0 Å². The van der Waals surface area contributed by atoms with Gasteiger partial charge in [-0.3, -0.25) is 4.79 Å². The second kappa shape index (κ2) is 4.11. The first-order valence-corrected chi connectivity index (χ1v) is 5.97. The van der Waals surface area contributed by atoms with Crippen LogP contribution in [0.3, 0.4) is 0 Å². The van der Waals surface area contributed by atoms with Crippen LogP contribution in [-0.2, 0) is 9.31 Å². The number of hydrogen-bond donors (Lipinski definition) is 1. The van der Waals surface area contributed by atoms with Gasteiger partial charge in [-0.1, -0.05) is 12.1 Å². The molecule has 0 saturated carbocycles. The summed E-state index contributed by atoms with van der Waals surface area (Å²) < 4.78 is 11.8. The highest BCUT2D eigenvalue weighted by Crippen LogP contribution is 2.36. The SMILES string of the molecule is CC1(C)OB(c2ccc(C=O)cc2N)OC1(C)C. The van der Waals surface area contributed by atoms with Gasteiger partial charge >= 0.3 is 7.12 Å². The average molecular weight is 247 g/mol. The third kappa shape index (κ3) is 2.04. The highest BCUT2D eigenvalue weighted by atomic mass is 16.7. The number of anilines is 1. The van der Waals surface area contributed by atoms with E-state index >= 15 is 0 Å². The van der Waals surface area contributed by atoms with Gasteiger partial charge in [0, 0.05) is 16.7 Å². The van der Waals surface area contributed by atoms with Gasteiger partial charge in [0.2, 0.25) is 0 Å². The van der Waals surface area contributed by atoms with Gasteiger partial charge in [-0.25, -0.2) is 0 Å². The first-order chi connectivity index (χ1) is 8.27. The largest absolute Gasteiger partial charge is 0.496 e. The number of carbonyl (C=O) groups is 1. The van der Waals surface area contributed by atoms with E-state index in [0.717, 1.165) is 11.7 Å². The highest BCUT2D eigenvalue weighted by Gasteiger charge is 2.52. The minimum Gasteiger partial charge on any atom is -0.399 e. The summed E-state index contributed by atoms with van der Waals surface area (Å²) in [6, 6.07) is 5.12. The number of hydrogen-bond acceptors (Lipinski definition) is 4. The molecule has 0 atom stereocenters. The summed E-state index contributed by atoms with van der Waals surface area (Å²) in [7, 11) is -0.490. The summed E-state index contributed by atoms with van der Waals surface area (Å²) in [6.45, 7) is 7.96. The quantitative estimate of drug-likeness (QED) is 0.487. The van der Waals surface area contributed by atoms with Crippen molar-refractivity contribution in [1.29, 1.82) is 0 Å². The molecular weight excluding hydrogens is 229 g/mol. The predicted molar refractivity (Wildman–Crippen MR) is 72.0 cm³/mol. The lowest BCUT2D eigenvalue weighted by Gasteiger charge is -2.32. The standard InChI is InChI=1S/C13H18BNO3/c1-12(2)13(3,4)18-14(17-12)10-6-5-9(8-16)7-11(10)15/h5-8H,15H2,1-4H3. The Morgan fingerprint density at radius 3 is 2.17 bits per heavy atom. The lowest BCUT2D eigenvalue weighted by atomic mass is 9.77. The third-order valence-electron chi connectivity index (χ3n) is 3.75. The van der Waals surface area contributed by atoms with Gasteiger partial charge in [-0.2, -0.15) is 0 Å². The van der Waals surface area contributed by atoms with E-state index in [1.807, 2.05) is 27.7 Å². The van der Waals surface area contributed by atoms with Crippen LogP contribution in [0.4, 0.5) is 5.69 Å². The molecule has 0 spiro atoms. The second-order valence-corrected chi connectivity index (χ2v) is 5.59. The fraction of sp³-hybridized carbons (Fsp3) is 0.462. The van der Waals surface area contributed by atoms with Gasteiger partial charge in [0.25, 0.3) is 0 Å². The van der Waals surface area contributed by atoms with Crippen molar-refractivity contribution >= 4 is 24.6 Å². The summed E-state index contributed by atoms with van der Waals surface area (Å²) >= 11 is 0. The molecule has 0 aromatic heterocycles. The first kappa shape index (κ1) is 13.1. The molecule has 1 saturated heterocycles. The summed E-state index contributed by atoms with van der Waals surface area (Å²) in [5.74, 6) is 0. The zero-order chi connectivity index (χ0) is 13.6. The number of aldehydes is 1. The van der Waals surface area contributed by atoms with Crippen LogP contribution in [-0.4, -0.2) is 24.6 Å². The number of nitrogen functional groups attached to an aromatic ring is 1. The molecule has 2 N–H and O–H groups in total. The van der Waals surface area contributed by atoms with Gasteiger partial charge in [0.05, 0.1) is 11.2 Å². The maximum atomic E-state index is 10.7.